The van der Waals surface area contributed by atoms with E-state index in [1.807, 2.05) is 0 Å². The molecule has 6 atom stereocenters. The number of carbonyl (C=O) groups is 1. The van der Waals surface area contributed by atoms with Crippen LogP contribution >= 0.6 is 23.5 Å². The molecular formula is C17H30N7O14P3. The third-order valence-corrected chi connectivity index (χ3v) is 9.23. The van der Waals surface area contributed by atoms with Crippen LogP contribution in [0.2, 0.25) is 0 Å². The third kappa shape index (κ3) is 9.72. The summed E-state index contributed by atoms with van der Waals surface area (Å²) in [7, 11) is -16.9. The molecule has 0 aromatic carbocycles. The fourth-order valence-electron chi connectivity index (χ4n) is 3.73. The van der Waals surface area contributed by atoms with Crippen molar-refractivity contribution in [3.8, 4) is 0 Å². The SMILES string of the molecule is NCCCCCCNC(=O)O[C@H]1[C@@H](O)[C@H](n2cnc3c(N)ncnc32)O[C@@H]1COP(=O)(O)OP(=O)(O)OP(=O)(O)O. The fourth-order valence-corrected chi connectivity index (χ4v) is 6.76. The van der Waals surface area contributed by atoms with Crippen LogP contribution in [0, 0.1) is 0 Å². The van der Waals surface area contributed by atoms with E-state index in [1.54, 1.807) is 0 Å². The first-order valence-corrected chi connectivity index (χ1v) is 16.3. The lowest BCUT2D eigenvalue weighted by Gasteiger charge is -2.22. The van der Waals surface area contributed by atoms with Crippen LogP contribution in [0.25, 0.3) is 11.2 Å². The molecule has 2 aromatic rings. The van der Waals surface area contributed by atoms with Gasteiger partial charge in [-0.1, -0.05) is 12.8 Å². The van der Waals surface area contributed by atoms with Crippen molar-refractivity contribution in [1.29, 1.82) is 0 Å². The van der Waals surface area contributed by atoms with Crippen molar-refractivity contribution in [3.05, 3.63) is 12.7 Å². The Hall–Kier alpha value is -2.09. The smallest absolute Gasteiger partial charge is 0.440 e. The van der Waals surface area contributed by atoms with Crippen molar-refractivity contribution in [2.24, 2.45) is 5.73 Å². The van der Waals surface area contributed by atoms with Crippen LogP contribution in [0.15, 0.2) is 12.7 Å². The lowest BCUT2D eigenvalue weighted by molar-refractivity contribution is -0.0508. The van der Waals surface area contributed by atoms with Crippen molar-refractivity contribution in [1.82, 2.24) is 24.8 Å². The average molecular weight is 649 g/mol. The van der Waals surface area contributed by atoms with E-state index >= 15 is 0 Å². The molecule has 0 saturated carbocycles. The fraction of sp³-hybridized carbons (Fsp3) is 0.647. The van der Waals surface area contributed by atoms with Crippen LogP contribution in [0.4, 0.5) is 10.6 Å². The number of hydrogen-bond donors (Lipinski definition) is 8. The summed E-state index contributed by atoms with van der Waals surface area (Å²) in [5.74, 6) is 0.0177. The first-order chi connectivity index (χ1) is 19.1. The molecule has 0 radical (unpaired) electrons. The molecule has 1 saturated heterocycles. The maximum Gasteiger partial charge on any atom is 0.490 e. The summed E-state index contributed by atoms with van der Waals surface area (Å²) in [6.45, 7) is -0.230. The molecule has 0 bridgehead atoms. The number of nitrogens with two attached hydrogens (primary N) is 2. The summed E-state index contributed by atoms with van der Waals surface area (Å²) in [5.41, 5.74) is 11.5. The van der Waals surface area contributed by atoms with E-state index in [4.69, 9.17) is 30.7 Å². The number of unbranched alkanes of at least 4 members (excludes halogenated alkanes) is 3. The molecule has 24 heteroatoms. The number of aliphatic hydroxyl groups is 1. The Morgan fingerprint density at radius 2 is 1.76 bits per heavy atom. The van der Waals surface area contributed by atoms with Crippen molar-refractivity contribution < 1.29 is 65.8 Å². The summed E-state index contributed by atoms with van der Waals surface area (Å²) in [6.07, 6.45) is -1.63. The number of aliphatic hydroxyl groups excluding tert-OH is 1. The first-order valence-electron chi connectivity index (χ1n) is 11.8. The number of nitrogens with zero attached hydrogens (tertiary/aromatic N) is 4. The van der Waals surface area contributed by atoms with E-state index in [-0.39, 0.29) is 23.5 Å². The number of ether oxygens (including phenoxy) is 2. The monoisotopic (exact) mass is 649 g/mol. The summed E-state index contributed by atoms with van der Waals surface area (Å²) in [4.78, 5) is 60.8. The molecule has 0 spiro atoms. The van der Waals surface area contributed by atoms with Gasteiger partial charge in [0.15, 0.2) is 23.8 Å². The molecule has 3 rings (SSSR count). The first kappa shape index (κ1) is 33.4. The number of phosphoric ester groups is 1. The predicted molar refractivity (Wildman–Crippen MR) is 135 cm³/mol. The Morgan fingerprint density at radius 1 is 1.05 bits per heavy atom. The largest absolute Gasteiger partial charge is 0.490 e. The van der Waals surface area contributed by atoms with E-state index in [0.29, 0.717) is 13.0 Å². The summed E-state index contributed by atoms with van der Waals surface area (Å²) >= 11 is 0. The topological polar surface area (TPSA) is 323 Å². The highest BCUT2D eigenvalue weighted by atomic mass is 31.3. The zero-order chi connectivity index (χ0) is 30.4. The number of nitrogen functional groups attached to an aromatic ring is 1. The second kappa shape index (κ2) is 13.9. The van der Waals surface area contributed by atoms with Crippen LogP contribution in [-0.2, 0) is 36.3 Å². The number of anilines is 1. The molecule has 1 fully saturated rings. The maximum atomic E-state index is 12.4. The molecule has 1 aliphatic rings. The number of alkyl carbamates (subject to hydrolysis) is 1. The lowest BCUT2D eigenvalue weighted by Crippen LogP contribution is -2.41. The van der Waals surface area contributed by atoms with Gasteiger partial charge in [-0.3, -0.25) is 9.09 Å². The Labute approximate surface area is 231 Å². The third-order valence-electron chi connectivity index (χ3n) is 5.43. The molecular weight excluding hydrogens is 619 g/mol. The molecule has 1 amide bonds. The Bertz CT molecular complexity index is 1340. The van der Waals surface area contributed by atoms with E-state index in [9.17, 15) is 33.4 Å². The molecule has 3 heterocycles. The van der Waals surface area contributed by atoms with Gasteiger partial charge in [-0.05, 0) is 19.4 Å². The highest BCUT2D eigenvalue weighted by Crippen LogP contribution is 2.66. The zero-order valence-corrected chi connectivity index (χ0v) is 23.8. The number of phosphoric acid groups is 3. The van der Waals surface area contributed by atoms with Gasteiger partial charge in [-0.2, -0.15) is 8.62 Å². The van der Waals surface area contributed by atoms with Gasteiger partial charge in [0.05, 0.1) is 12.9 Å². The van der Waals surface area contributed by atoms with Gasteiger partial charge in [-0.15, -0.1) is 0 Å². The average Bonchev–Trinajstić information content (AvgIpc) is 3.40. The minimum atomic E-state index is -5.79. The van der Waals surface area contributed by atoms with Gasteiger partial charge in [0.2, 0.25) is 0 Å². The molecule has 1 aliphatic heterocycles. The van der Waals surface area contributed by atoms with Crippen molar-refractivity contribution in [3.63, 3.8) is 0 Å². The molecule has 41 heavy (non-hydrogen) atoms. The van der Waals surface area contributed by atoms with E-state index in [2.05, 4.69) is 33.4 Å². The minimum absolute atomic E-state index is 0.0177. The highest BCUT2D eigenvalue weighted by molar-refractivity contribution is 7.66. The number of nitrogens with one attached hydrogen (secondary N) is 1. The number of rotatable bonds is 15. The Balaban J connectivity index is 1.74. The molecule has 0 aliphatic carbocycles. The number of hydrogen-bond acceptors (Lipinski definition) is 15. The number of fused-ring (bicyclic) bond motifs is 1. The van der Waals surface area contributed by atoms with E-state index in [1.165, 1.54) is 10.9 Å². The molecule has 2 aromatic heterocycles. The maximum absolute atomic E-state index is 12.4. The van der Waals surface area contributed by atoms with Crippen molar-refractivity contribution in [2.45, 2.75) is 50.2 Å². The van der Waals surface area contributed by atoms with Crippen molar-refractivity contribution in [2.75, 3.05) is 25.4 Å². The molecule has 232 valence electrons. The quantitative estimate of drug-likeness (QED) is 0.0900. The highest BCUT2D eigenvalue weighted by Gasteiger charge is 2.49. The van der Waals surface area contributed by atoms with Crippen LogP contribution in [0.5, 0.6) is 0 Å². The van der Waals surface area contributed by atoms with Crippen LogP contribution in [-0.4, -0.2) is 88.3 Å². The second-order valence-electron chi connectivity index (χ2n) is 8.52. The van der Waals surface area contributed by atoms with Gasteiger partial charge in [0.1, 0.15) is 24.1 Å². The summed E-state index contributed by atoms with van der Waals surface area (Å²) in [6, 6.07) is 0. The van der Waals surface area contributed by atoms with Gasteiger partial charge in [0, 0.05) is 6.54 Å². The molecule has 21 nitrogen and oxygen atoms in total. The molecule has 10 N–H and O–H groups in total. The predicted octanol–water partition coefficient (Wildman–Crippen LogP) is -0.376. The lowest BCUT2D eigenvalue weighted by atomic mass is 10.1. The minimum Gasteiger partial charge on any atom is -0.440 e. The van der Waals surface area contributed by atoms with Crippen LogP contribution in [0.1, 0.15) is 31.9 Å². The van der Waals surface area contributed by atoms with Crippen LogP contribution < -0.4 is 16.8 Å². The molecule has 2 unspecified atom stereocenters. The second-order valence-corrected chi connectivity index (χ2v) is 12.9. The van der Waals surface area contributed by atoms with Gasteiger partial charge in [-0.25, -0.2) is 33.4 Å². The normalized spacial score (nSPS) is 24.1. The summed E-state index contributed by atoms with van der Waals surface area (Å²) in [5, 5.41) is 13.5. The number of carbonyl (C=O) groups excluding carboxylic acids is 1. The number of aromatic nitrogens is 4. The van der Waals surface area contributed by atoms with E-state index in [0.717, 1.165) is 25.6 Å². The van der Waals surface area contributed by atoms with Crippen LogP contribution in [0.3, 0.4) is 0 Å². The van der Waals surface area contributed by atoms with Gasteiger partial charge >= 0.3 is 29.6 Å². The Kier molecular flexibility index (Phi) is 11.3. The number of imidazole rings is 1. The summed E-state index contributed by atoms with van der Waals surface area (Å²) < 4.78 is 58.9. The number of amides is 1. The van der Waals surface area contributed by atoms with Crippen molar-refractivity contribution >= 4 is 46.5 Å². The Morgan fingerprint density at radius 3 is 2.44 bits per heavy atom. The van der Waals surface area contributed by atoms with Gasteiger partial charge in [0.25, 0.3) is 0 Å². The van der Waals surface area contributed by atoms with E-state index < -0.39 is 60.7 Å². The standard InChI is InChI=1S/C17H30N7O14P3/c18-5-3-1-2-4-6-20-17(26)36-13-10(7-34-40(30,31)38-41(32,33)37-39(27,28)29)35-16(12(13)25)24-9-23-11-14(19)21-8-22-15(11)24/h8-10,12-13,16,25H,1-7,18H2,(H,20,26)(H,30,31)(H,32,33)(H2,19,21,22)(H2,27,28,29)/t10-,12-,13-,16-/m1/s1. The zero-order valence-electron chi connectivity index (χ0n) is 21.1. The van der Waals surface area contributed by atoms with Gasteiger partial charge < -0.3 is 50.9 Å².